The van der Waals surface area contributed by atoms with E-state index < -0.39 is 5.91 Å². The number of carbonyl (C=O) groups is 2. The van der Waals surface area contributed by atoms with Crippen molar-refractivity contribution in [1.29, 1.82) is 0 Å². The monoisotopic (exact) mass is 400 g/mol. The van der Waals surface area contributed by atoms with Crippen LogP contribution in [0.15, 0.2) is 22.8 Å². The molecule has 2 aliphatic rings. The summed E-state index contributed by atoms with van der Waals surface area (Å²) in [6.07, 6.45) is 2.22. The summed E-state index contributed by atoms with van der Waals surface area (Å²) in [5.74, 6) is 0.0134. The highest BCUT2D eigenvalue weighted by molar-refractivity contribution is 5.95. The van der Waals surface area contributed by atoms with E-state index in [2.05, 4.69) is 25.6 Å². The Labute approximate surface area is 168 Å². The van der Waals surface area contributed by atoms with Crippen molar-refractivity contribution in [3.63, 3.8) is 0 Å². The molecule has 2 aromatic rings. The first-order valence-corrected chi connectivity index (χ1v) is 9.70. The second-order valence-electron chi connectivity index (χ2n) is 7.64. The number of hydrogen-bond donors (Lipinski definition) is 2. The lowest BCUT2D eigenvalue weighted by atomic mass is 9.81. The zero-order valence-corrected chi connectivity index (χ0v) is 16.5. The van der Waals surface area contributed by atoms with E-state index in [1.807, 2.05) is 25.1 Å². The van der Waals surface area contributed by atoms with E-state index in [4.69, 9.17) is 9.47 Å². The summed E-state index contributed by atoms with van der Waals surface area (Å²) < 4.78 is 16.4. The quantitative estimate of drug-likeness (QED) is 0.801. The van der Waals surface area contributed by atoms with E-state index >= 15 is 0 Å². The first kappa shape index (κ1) is 19.4. The van der Waals surface area contributed by atoms with E-state index in [0.29, 0.717) is 25.3 Å². The number of ether oxygens (including phenoxy) is 2. The van der Waals surface area contributed by atoms with Crippen LogP contribution in [0.1, 0.15) is 52.6 Å². The lowest BCUT2D eigenvalue weighted by molar-refractivity contribution is -0.122. The minimum atomic E-state index is -0.497. The third kappa shape index (κ3) is 4.09. The number of hydrogen-bond acceptors (Lipinski definition) is 7. The maximum absolute atomic E-state index is 12.6. The Balaban J connectivity index is 1.46. The summed E-state index contributed by atoms with van der Waals surface area (Å²) in [6.45, 7) is 4.73. The number of aromatic nitrogens is 2. The fraction of sp³-hybridized carbons (Fsp3) is 0.500. The molecule has 0 radical (unpaired) electrons. The van der Waals surface area contributed by atoms with E-state index in [-0.39, 0.29) is 29.8 Å². The molecule has 1 saturated heterocycles. The molecule has 1 atom stereocenters. The minimum absolute atomic E-state index is 0.0750. The molecule has 1 spiro atoms. The van der Waals surface area contributed by atoms with Crippen LogP contribution >= 0.6 is 0 Å². The fourth-order valence-electron chi connectivity index (χ4n) is 3.90. The van der Waals surface area contributed by atoms with Gasteiger partial charge in [-0.2, -0.15) is 0 Å². The molecule has 3 heterocycles. The molecule has 0 bridgehead atoms. The van der Waals surface area contributed by atoms with Crippen LogP contribution in [0, 0.1) is 13.8 Å². The van der Waals surface area contributed by atoms with Crippen molar-refractivity contribution in [2.45, 2.75) is 44.8 Å². The van der Waals surface area contributed by atoms with Gasteiger partial charge >= 0.3 is 0 Å². The number of nitrogens with one attached hydrogen (secondary N) is 2. The average Bonchev–Trinajstić information content (AvgIpc) is 3.13. The van der Waals surface area contributed by atoms with E-state index in [1.54, 1.807) is 6.92 Å². The van der Waals surface area contributed by atoms with Crippen LogP contribution < -0.4 is 15.4 Å². The molecule has 9 nitrogen and oxygen atoms in total. The number of amides is 2. The standard InChI is InChI=1S/C20H24N4O5/c1-12-3-4-16-14(9-12)15(10-20(28-16)5-7-27-8-6-20)22-17(25)11-21-19(26)18-13(2)23-29-24-18/h3-4,9,15H,5-8,10-11H2,1-2H3,(H,21,26)(H,22,25). The van der Waals surface area contributed by atoms with Gasteiger partial charge in [0.1, 0.15) is 17.0 Å². The second-order valence-corrected chi connectivity index (χ2v) is 7.64. The van der Waals surface area contributed by atoms with Crippen molar-refractivity contribution in [3.05, 3.63) is 40.7 Å². The minimum Gasteiger partial charge on any atom is -0.487 e. The summed E-state index contributed by atoms with van der Waals surface area (Å²) in [5, 5.41) is 12.7. The Hall–Kier alpha value is -2.94. The largest absolute Gasteiger partial charge is 0.487 e. The van der Waals surface area contributed by atoms with Crippen molar-refractivity contribution in [3.8, 4) is 5.75 Å². The van der Waals surface area contributed by atoms with Crippen LogP contribution in [0.2, 0.25) is 0 Å². The number of aryl methyl sites for hydroxylation is 2. The van der Waals surface area contributed by atoms with Crippen molar-refractivity contribution in [1.82, 2.24) is 20.9 Å². The van der Waals surface area contributed by atoms with Gasteiger partial charge in [0, 0.05) is 24.8 Å². The number of fused-ring (bicyclic) bond motifs is 1. The van der Waals surface area contributed by atoms with Crippen molar-refractivity contribution < 1.29 is 23.7 Å². The zero-order chi connectivity index (χ0) is 20.4. The molecule has 0 saturated carbocycles. The Morgan fingerprint density at radius 3 is 2.72 bits per heavy atom. The van der Waals surface area contributed by atoms with Gasteiger partial charge in [0.25, 0.3) is 5.91 Å². The van der Waals surface area contributed by atoms with Crippen LogP contribution in [0.4, 0.5) is 0 Å². The molecule has 0 aliphatic carbocycles. The normalized spacial score (nSPS) is 19.9. The van der Waals surface area contributed by atoms with Crippen molar-refractivity contribution >= 4 is 11.8 Å². The van der Waals surface area contributed by atoms with Crippen molar-refractivity contribution in [2.24, 2.45) is 0 Å². The van der Waals surface area contributed by atoms with Crippen molar-refractivity contribution in [2.75, 3.05) is 19.8 Å². The number of carbonyl (C=O) groups excluding carboxylic acids is 2. The highest BCUT2D eigenvalue weighted by Gasteiger charge is 2.42. The topological polar surface area (TPSA) is 116 Å². The summed E-state index contributed by atoms with van der Waals surface area (Å²) in [5.41, 5.74) is 2.16. The molecular formula is C20H24N4O5. The third-order valence-corrected chi connectivity index (χ3v) is 5.46. The van der Waals surface area contributed by atoms with Crippen LogP contribution in [0.5, 0.6) is 5.75 Å². The maximum Gasteiger partial charge on any atom is 0.275 e. The van der Waals surface area contributed by atoms with Crippen LogP contribution in [0.25, 0.3) is 0 Å². The zero-order valence-electron chi connectivity index (χ0n) is 16.5. The Kier molecular flexibility index (Phi) is 5.23. The molecule has 154 valence electrons. The van der Waals surface area contributed by atoms with Gasteiger partial charge in [-0.3, -0.25) is 9.59 Å². The van der Waals surface area contributed by atoms with Gasteiger partial charge in [-0.15, -0.1) is 0 Å². The van der Waals surface area contributed by atoms with Gasteiger partial charge < -0.3 is 20.1 Å². The Bertz CT molecular complexity index is 919. The van der Waals surface area contributed by atoms with Gasteiger partial charge in [0.15, 0.2) is 5.69 Å². The number of rotatable bonds is 4. The Morgan fingerprint density at radius 2 is 2.00 bits per heavy atom. The van der Waals surface area contributed by atoms with Crippen LogP contribution in [-0.2, 0) is 9.53 Å². The van der Waals surface area contributed by atoms with Gasteiger partial charge in [-0.1, -0.05) is 22.9 Å². The first-order chi connectivity index (χ1) is 14.0. The number of benzene rings is 1. The predicted molar refractivity (Wildman–Crippen MR) is 101 cm³/mol. The molecule has 2 amide bonds. The molecular weight excluding hydrogens is 376 g/mol. The van der Waals surface area contributed by atoms with Gasteiger partial charge in [-0.05, 0) is 25.1 Å². The average molecular weight is 400 g/mol. The molecule has 1 unspecified atom stereocenters. The van der Waals surface area contributed by atoms with Gasteiger partial charge in [0.05, 0.1) is 25.8 Å². The SMILES string of the molecule is Cc1ccc2c(c1)C(NC(=O)CNC(=O)c1nonc1C)CC1(CCOCC1)O2. The second kappa shape index (κ2) is 7.82. The van der Waals surface area contributed by atoms with Gasteiger partial charge in [0.2, 0.25) is 5.91 Å². The van der Waals surface area contributed by atoms with E-state index in [0.717, 1.165) is 29.7 Å². The molecule has 4 rings (SSSR count). The third-order valence-electron chi connectivity index (χ3n) is 5.46. The summed E-state index contributed by atoms with van der Waals surface area (Å²) >= 11 is 0. The lowest BCUT2D eigenvalue weighted by Crippen LogP contribution is -2.49. The Morgan fingerprint density at radius 1 is 1.21 bits per heavy atom. The molecule has 1 fully saturated rings. The highest BCUT2D eigenvalue weighted by atomic mass is 16.6. The summed E-state index contributed by atoms with van der Waals surface area (Å²) in [6, 6.07) is 5.80. The predicted octanol–water partition coefficient (Wildman–Crippen LogP) is 1.61. The maximum atomic E-state index is 12.6. The summed E-state index contributed by atoms with van der Waals surface area (Å²) in [4.78, 5) is 24.7. The molecule has 1 aromatic heterocycles. The fourth-order valence-corrected chi connectivity index (χ4v) is 3.90. The van der Waals surface area contributed by atoms with E-state index in [9.17, 15) is 9.59 Å². The molecule has 29 heavy (non-hydrogen) atoms. The smallest absolute Gasteiger partial charge is 0.275 e. The summed E-state index contributed by atoms with van der Waals surface area (Å²) in [7, 11) is 0. The number of nitrogens with zero attached hydrogens (tertiary/aromatic N) is 2. The first-order valence-electron chi connectivity index (χ1n) is 9.70. The molecule has 2 aliphatic heterocycles. The molecule has 2 N–H and O–H groups in total. The van der Waals surface area contributed by atoms with E-state index in [1.165, 1.54) is 0 Å². The highest BCUT2D eigenvalue weighted by Crippen LogP contribution is 2.44. The van der Waals surface area contributed by atoms with Gasteiger partial charge in [-0.25, -0.2) is 4.63 Å². The van der Waals surface area contributed by atoms with Crippen LogP contribution in [0.3, 0.4) is 0 Å². The molecule has 1 aromatic carbocycles. The molecule has 9 heteroatoms. The van der Waals surface area contributed by atoms with Crippen LogP contribution in [-0.4, -0.2) is 47.5 Å². The lowest BCUT2D eigenvalue weighted by Gasteiger charge is -2.44.